The third-order valence-electron chi connectivity index (χ3n) is 2.02. The van der Waals surface area contributed by atoms with E-state index < -0.39 is 0 Å². The summed E-state index contributed by atoms with van der Waals surface area (Å²) in [6.07, 6.45) is 7.46. The van der Waals surface area contributed by atoms with E-state index in [-0.39, 0.29) is 0 Å². The fourth-order valence-electron chi connectivity index (χ4n) is 1.32. The van der Waals surface area contributed by atoms with Gasteiger partial charge in [0.2, 0.25) is 0 Å². The molecule has 0 aromatic carbocycles. The molecule has 0 atom stereocenters. The summed E-state index contributed by atoms with van der Waals surface area (Å²) in [6, 6.07) is 1.92. The van der Waals surface area contributed by atoms with Crippen molar-refractivity contribution in [3.8, 4) is 0 Å². The Hall–Kier alpha value is -1.58. The zero-order chi connectivity index (χ0) is 9.10. The van der Waals surface area contributed by atoms with Gasteiger partial charge in [-0.1, -0.05) is 0 Å². The summed E-state index contributed by atoms with van der Waals surface area (Å²) in [4.78, 5) is 4.10. The minimum atomic E-state index is 0.793. The number of imidazole rings is 1. The highest BCUT2D eigenvalue weighted by Crippen LogP contribution is 2.01. The molecule has 0 radical (unpaired) electrons. The Bertz CT molecular complexity index is 361. The van der Waals surface area contributed by atoms with Gasteiger partial charge in [-0.2, -0.15) is 5.10 Å². The fraction of sp³-hybridized carbons (Fsp3) is 0.333. The minimum absolute atomic E-state index is 0.793. The number of rotatable bonds is 3. The van der Waals surface area contributed by atoms with E-state index in [0.29, 0.717) is 0 Å². The number of hydrogen-bond donors (Lipinski definition) is 0. The molecule has 13 heavy (non-hydrogen) atoms. The molecule has 0 aliphatic heterocycles. The lowest BCUT2D eigenvalue weighted by Crippen LogP contribution is -2.06. The summed E-state index contributed by atoms with van der Waals surface area (Å²) >= 11 is 0. The zero-order valence-electron chi connectivity index (χ0n) is 7.59. The van der Waals surface area contributed by atoms with Gasteiger partial charge in [-0.05, 0) is 13.0 Å². The summed E-state index contributed by atoms with van der Waals surface area (Å²) in [5.41, 5.74) is 1.19. The average Bonchev–Trinajstić information content (AvgIpc) is 2.76. The second-order valence-electron chi connectivity index (χ2n) is 2.87. The lowest BCUT2D eigenvalue weighted by molar-refractivity contribution is 0.622. The van der Waals surface area contributed by atoms with Crippen molar-refractivity contribution in [2.75, 3.05) is 0 Å². The van der Waals surface area contributed by atoms with Crippen LogP contribution in [0.4, 0.5) is 0 Å². The van der Waals surface area contributed by atoms with E-state index in [2.05, 4.69) is 21.6 Å². The van der Waals surface area contributed by atoms with Crippen molar-refractivity contribution in [3.05, 3.63) is 36.7 Å². The monoisotopic (exact) mass is 176 g/mol. The highest BCUT2D eigenvalue weighted by Gasteiger charge is 2.00. The summed E-state index contributed by atoms with van der Waals surface area (Å²) < 4.78 is 4.00. The summed E-state index contributed by atoms with van der Waals surface area (Å²) in [5, 5.41) is 4.14. The van der Waals surface area contributed by atoms with Gasteiger partial charge in [0.05, 0.1) is 24.8 Å². The Morgan fingerprint density at radius 3 is 3.08 bits per heavy atom. The largest absolute Gasteiger partial charge is 0.333 e. The van der Waals surface area contributed by atoms with E-state index in [1.165, 1.54) is 5.69 Å². The van der Waals surface area contributed by atoms with E-state index in [9.17, 15) is 0 Å². The van der Waals surface area contributed by atoms with E-state index in [1.807, 2.05) is 29.5 Å². The smallest absolute Gasteiger partial charge is 0.0948 e. The van der Waals surface area contributed by atoms with Crippen LogP contribution in [0.15, 0.2) is 31.0 Å². The van der Waals surface area contributed by atoms with E-state index >= 15 is 0 Å². The third-order valence-corrected chi connectivity index (χ3v) is 2.02. The summed E-state index contributed by atoms with van der Waals surface area (Å²) in [7, 11) is 0. The van der Waals surface area contributed by atoms with Crippen molar-refractivity contribution < 1.29 is 0 Å². The molecule has 2 rings (SSSR count). The third kappa shape index (κ3) is 1.61. The molecule has 2 aromatic rings. The van der Waals surface area contributed by atoms with Crippen molar-refractivity contribution in [2.24, 2.45) is 0 Å². The molecule has 0 bridgehead atoms. The van der Waals surface area contributed by atoms with Crippen molar-refractivity contribution in [1.82, 2.24) is 19.3 Å². The normalized spacial score (nSPS) is 10.5. The number of hydrogen-bond acceptors (Lipinski definition) is 2. The van der Waals surface area contributed by atoms with Gasteiger partial charge in [-0.3, -0.25) is 4.68 Å². The van der Waals surface area contributed by atoms with Gasteiger partial charge in [-0.25, -0.2) is 4.98 Å². The lowest BCUT2D eigenvalue weighted by atomic mass is 10.4. The van der Waals surface area contributed by atoms with Crippen LogP contribution in [0.1, 0.15) is 12.6 Å². The first-order chi connectivity index (χ1) is 6.40. The predicted octanol–water partition coefficient (Wildman–Crippen LogP) is 1.15. The molecule has 0 saturated heterocycles. The molecule has 4 heteroatoms. The van der Waals surface area contributed by atoms with Crippen molar-refractivity contribution in [1.29, 1.82) is 0 Å². The van der Waals surface area contributed by atoms with E-state index in [0.717, 1.165) is 13.1 Å². The molecule has 68 valence electrons. The van der Waals surface area contributed by atoms with Gasteiger partial charge in [0, 0.05) is 18.9 Å². The molecule has 0 N–H and O–H groups in total. The SMILES string of the molecule is CCn1cncc1Cn1cccn1. The van der Waals surface area contributed by atoms with Crippen LogP contribution in [0.5, 0.6) is 0 Å². The van der Waals surface area contributed by atoms with Gasteiger partial charge in [0.15, 0.2) is 0 Å². The standard InChI is InChI=1S/C9H12N4/c1-2-12-8-10-6-9(12)7-13-5-3-4-11-13/h3-6,8H,2,7H2,1H3. The molecule has 0 aliphatic carbocycles. The lowest BCUT2D eigenvalue weighted by Gasteiger charge is -2.04. The summed E-state index contributed by atoms with van der Waals surface area (Å²) in [5.74, 6) is 0. The second-order valence-corrected chi connectivity index (χ2v) is 2.87. The van der Waals surface area contributed by atoms with Gasteiger partial charge >= 0.3 is 0 Å². The van der Waals surface area contributed by atoms with Gasteiger partial charge in [0.1, 0.15) is 0 Å². The highest BCUT2D eigenvalue weighted by atomic mass is 15.3. The van der Waals surface area contributed by atoms with E-state index in [4.69, 9.17) is 0 Å². The Labute approximate surface area is 76.8 Å². The molecular weight excluding hydrogens is 164 g/mol. The average molecular weight is 176 g/mol. The zero-order valence-corrected chi connectivity index (χ0v) is 7.59. The fourth-order valence-corrected chi connectivity index (χ4v) is 1.32. The Kier molecular flexibility index (Phi) is 2.12. The van der Waals surface area contributed by atoms with Crippen LogP contribution >= 0.6 is 0 Å². The second kappa shape index (κ2) is 3.43. The van der Waals surface area contributed by atoms with Crippen LogP contribution in [-0.2, 0) is 13.1 Å². The Balaban J connectivity index is 2.18. The molecule has 4 nitrogen and oxygen atoms in total. The quantitative estimate of drug-likeness (QED) is 0.703. The van der Waals surface area contributed by atoms with Crippen molar-refractivity contribution in [3.63, 3.8) is 0 Å². The van der Waals surface area contributed by atoms with E-state index in [1.54, 1.807) is 6.20 Å². The molecule has 0 amide bonds. The molecular formula is C9H12N4. The minimum Gasteiger partial charge on any atom is -0.333 e. The molecule has 0 saturated carbocycles. The number of aryl methyl sites for hydroxylation is 1. The first-order valence-electron chi connectivity index (χ1n) is 4.36. The molecule has 0 unspecified atom stereocenters. The Morgan fingerprint density at radius 1 is 1.46 bits per heavy atom. The predicted molar refractivity (Wildman–Crippen MR) is 49.2 cm³/mol. The highest BCUT2D eigenvalue weighted by molar-refractivity contribution is 4.99. The maximum atomic E-state index is 4.14. The molecule has 0 fully saturated rings. The van der Waals surface area contributed by atoms with Crippen LogP contribution in [0.25, 0.3) is 0 Å². The summed E-state index contributed by atoms with van der Waals surface area (Å²) in [6.45, 7) is 3.85. The first kappa shape index (κ1) is 8.04. The molecule has 0 aliphatic rings. The van der Waals surface area contributed by atoms with Gasteiger partial charge in [0.25, 0.3) is 0 Å². The molecule has 2 aromatic heterocycles. The van der Waals surface area contributed by atoms with Crippen LogP contribution in [0, 0.1) is 0 Å². The Morgan fingerprint density at radius 2 is 2.38 bits per heavy atom. The van der Waals surface area contributed by atoms with Gasteiger partial charge < -0.3 is 4.57 Å². The maximum Gasteiger partial charge on any atom is 0.0948 e. The number of nitrogens with zero attached hydrogens (tertiary/aromatic N) is 4. The number of aromatic nitrogens is 4. The molecule has 2 heterocycles. The van der Waals surface area contributed by atoms with Crippen molar-refractivity contribution in [2.45, 2.75) is 20.0 Å². The molecule has 0 spiro atoms. The van der Waals surface area contributed by atoms with Crippen LogP contribution in [-0.4, -0.2) is 19.3 Å². The van der Waals surface area contributed by atoms with Crippen molar-refractivity contribution >= 4 is 0 Å². The van der Waals surface area contributed by atoms with Gasteiger partial charge in [-0.15, -0.1) is 0 Å². The maximum absolute atomic E-state index is 4.14. The van der Waals surface area contributed by atoms with Crippen LogP contribution < -0.4 is 0 Å². The van der Waals surface area contributed by atoms with Crippen LogP contribution in [0.3, 0.4) is 0 Å². The van der Waals surface area contributed by atoms with Crippen LogP contribution in [0.2, 0.25) is 0 Å². The topological polar surface area (TPSA) is 35.6 Å². The first-order valence-corrected chi connectivity index (χ1v) is 4.36.